The van der Waals surface area contributed by atoms with Crippen LogP contribution in [0.4, 0.5) is 0 Å². The molecule has 0 radical (unpaired) electrons. The van der Waals surface area contributed by atoms with Gasteiger partial charge in [-0.1, -0.05) is 17.8 Å². The number of carbonyl (C=O) groups excluding carboxylic acids is 1. The predicted octanol–water partition coefficient (Wildman–Crippen LogP) is 1.08. The molecule has 0 spiro atoms. The van der Waals surface area contributed by atoms with Crippen molar-refractivity contribution in [2.24, 2.45) is 5.84 Å². The van der Waals surface area contributed by atoms with Gasteiger partial charge in [-0.15, -0.1) is 21.5 Å². The first-order chi connectivity index (χ1) is 9.78. The Kier molecular flexibility index (Phi) is 3.63. The van der Waals surface area contributed by atoms with Gasteiger partial charge in [0.25, 0.3) is 5.91 Å². The number of nitrogens with zero attached hydrogens (tertiary/aromatic N) is 4. The summed E-state index contributed by atoms with van der Waals surface area (Å²) in [6, 6.07) is 5.73. The van der Waals surface area contributed by atoms with Crippen LogP contribution in [0.15, 0.2) is 34.9 Å². The number of amides is 1. The minimum atomic E-state index is -0.376. The topological polar surface area (TPSA) is 98.2 Å². The molecule has 102 valence electrons. The number of hydrogen-bond acceptors (Lipinski definition) is 7. The van der Waals surface area contributed by atoms with Crippen molar-refractivity contribution in [3.63, 3.8) is 0 Å². The maximum atomic E-state index is 11.3. The van der Waals surface area contributed by atoms with Crippen molar-refractivity contribution in [3.8, 4) is 0 Å². The zero-order valence-electron chi connectivity index (χ0n) is 10.2. The number of nitrogen functional groups attached to an aromatic ring is 1. The van der Waals surface area contributed by atoms with Crippen molar-refractivity contribution < 1.29 is 4.79 Å². The predicted molar refractivity (Wildman–Crippen MR) is 76.3 cm³/mol. The third-order valence-electron chi connectivity index (χ3n) is 2.51. The van der Waals surface area contributed by atoms with Crippen LogP contribution in [0.25, 0.3) is 5.65 Å². The number of fused-ring (bicyclic) bond motifs is 1. The maximum Gasteiger partial charge on any atom is 0.294 e. The third-order valence-corrected chi connectivity index (χ3v) is 4.38. The zero-order chi connectivity index (χ0) is 13.9. The van der Waals surface area contributed by atoms with Crippen LogP contribution in [-0.2, 0) is 5.75 Å². The van der Waals surface area contributed by atoms with E-state index in [0.717, 1.165) is 16.5 Å². The molecule has 3 aromatic heterocycles. The lowest BCUT2D eigenvalue weighted by atomic mass is 10.5. The van der Waals surface area contributed by atoms with Gasteiger partial charge in [-0.05, 0) is 12.1 Å². The van der Waals surface area contributed by atoms with E-state index in [4.69, 9.17) is 5.84 Å². The van der Waals surface area contributed by atoms with E-state index in [-0.39, 0.29) is 5.91 Å². The average molecular weight is 306 g/mol. The summed E-state index contributed by atoms with van der Waals surface area (Å²) < 4.78 is 1.91. The highest BCUT2D eigenvalue weighted by Crippen LogP contribution is 2.22. The van der Waals surface area contributed by atoms with Crippen LogP contribution >= 0.6 is 23.1 Å². The summed E-state index contributed by atoms with van der Waals surface area (Å²) in [6.07, 6.45) is 1.91. The maximum absolute atomic E-state index is 11.3. The first-order valence-electron chi connectivity index (χ1n) is 5.66. The Hall–Kier alpha value is -1.97. The first kappa shape index (κ1) is 13.0. The van der Waals surface area contributed by atoms with Crippen molar-refractivity contribution in [1.29, 1.82) is 0 Å². The standard InChI is InChI=1S/C11H10N6OS2/c12-14-9(18)10-13-7(5-19-10)6-20-11-16-15-8-3-1-2-4-17(8)11/h1-5H,6,12H2,(H,14,18). The molecular formula is C11H10N6OS2. The average Bonchev–Trinajstić information content (AvgIpc) is 3.11. The molecule has 0 saturated carbocycles. The lowest BCUT2D eigenvalue weighted by molar-refractivity contribution is 0.0953. The summed E-state index contributed by atoms with van der Waals surface area (Å²) >= 11 is 2.78. The molecule has 20 heavy (non-hydrogen) atoms. The summed E-state index contributed by atoms with van der Waals surface area (Å²) in [7, 11) is 0. The lowest BCUT2D eigenvalue weighted by Crippen LogP contribution is -2.29. The van der Waals surface area contributed by atoms with Crippen molar-refractivity contribution in [1.82, 2.24) is 25.0 Å². The van der Waals surface area contributed by atoms with Gasteiger partial charge in [0.05, 0.1) is 5.69 Å². The van der Waals surface area contributed by atoms with Crippen molar-refractivity contribution in [2.75, 3.05) is 0 Å². The highest BCUT2D eigenvalue weighted by Gasteiger charge is 2.11. The molecule has 0 aliphatic rings. The van der Waals surface area contributed by atoms with E-state index < -0.39 is 0 Å². The van der Waals surface area contributed by atoms with Gasteiger partial charge in [-0.2, -0.15) is 0 Å². The molecule has 0 aromatic carbocycles. The van der Waals surface area contributed by atoms with E-state index in [2.05, 4.69) is 20.6 Å². The Morgan fingerprint density at radius 1 is 1.45 bits per heavy atom. The molecule has 0 aliphatic heterocycles. The number of rotatable bonds is 4. The van der Waals surface area contributed by atoms with Gasteiger partial charge in [-0.25, -0.2) is 10.8 Å². The largest absolute Gasteiger partial charge is 0.294 e. The van der Waals surface area contributed by atoms with Gasteiger partial charge < -0.3 is 0 Å². The second-order valence-corrected chi connectivity index (χ2v) is 5.62. The summed E-state index contributed by atoms with van der Waals surface area (Å²) in [5, 5.41) is 11.2. The van der Waals surface area contributed by atoms with Gasteiger partial charge in [-0.3, -0.25) is 14.6 Å². The summed E-state index contributed by atoms with van der Waals surface area (Å²) in [5.41, 5.74) is 3.68. The molecule has 0 saturated heterocycles. The number of carbonyl (C=O) groups is 1. The Labute approximate surface area is 122 Å². The molecule has 9 heteroatoms. The van der Waals surface area contributed by atoms with Gasteiger partial charge in [0.15, 0.2) is 15.8 Å². The van der Waals surface area contributed by atoms with Crippen molar-refractivity contribution in [2.45, 2.75) is 10.9 Å². The van der Waals surface area contributed by atoms with E-state index in [9.17, 15) is 4.79 Å². The Bertz CT molecular complexity index is 752. The smallest absolute Gasteiger partial charge is 0.288 e. The fourth-order valence-electron chi connectivity index (χ4n) is 1.60. The van der Waals surface area contributed by atoms with Crippen molar-refractivity contribution >= 4 is 34.7 Å². The minimum absolute atomic E-state index is 0.356. The highest BCUT2D eigenvalue weighted by molar-refractivity contribution is 7.98. The SMILES string of the molecule is NNC(=O)c1nc(CSc2nnc3ccccn23)cs1. The fraction of sp³-hybridized carbons (Fsp3) is 0.0909. The second kappa shape index (κ2) is 5.57. The highest BCUT2D eigenvalue weighted by atomic mass is 32.2. The number of hydrogen-bond donors (Lipinski definition) is 2. The zero-order valence-corrected chi connectivity index (χ0v) is 11.8. The van der Waals surface area contributed by atoms with Crippen LogP contribution in [0.5, 0.6) is 0 Å². The molecule has 3 heterocycles. The van der Waals surface area contributed by atoms with E-state index in [1.807, 2.05) is 34.2 Å². The van der Waals surface area contributed by atoms with Crippen LogP contribution in [0.1, 0.15) is 15.5 Å². The molecule has 0 fully saturated rings. The van der Waals surface area contributed by atoms with E-state index in [1.165, 1.54) is 23.1 Å². The number of hydrazine groups is 1. The van der Waals surface area contributed by atoms with Gasteiger partial charge in [0, 0.05) is 17.3 Å². The lowest BCUT2D eigenvalue weighted by Gasteiger charge is -1.97. The van der Waals surface area contributed by atoms with E-state index in [0.29, 0.717) is 10.8 Å². The van der Waals surface area contributed by atoms with Crippen LogP contribution in [0.2, 0.25) is 0 Å². The van der Waals surface area contributed by atoms with Crippen LogP contribution < -0.4 is 11.3 Å². The number of thiazole rings is 1. The molecule has 3 aromatic rings. The molecular weight excluding hydrogens is 296 g/mol. The van der Waals surface area contributed by atoms with Crippen molar-refractivity contribution in [3.05, 3.63) is 40.5 Å². The number of nitrogens with one attached hydrogen (secondary N) is 1. The molecule has 0 atom stereocenters. The van der Waals surface area contributed by atoms with Gasteiger partial charge in [0.2, 0.25) is 0 Å². The molecule has 0 aliphatic carbocycles. The number of aromatic nitrogens is 4. The van der Waals surface area contributed by atoms with Crippen LogP contribution in [0, 0.1) is 0 Å². The first-order valence-corrected chi connectivity index (χ1v) is 7.52. The molecule has 7 nitrogen and oxygen atoms in total. The second-order valence-electron chi connectivity index (χ2n) is 3.82. The molecule has 0 unspecified atom stereocenters. The molecule has 0 bridgehead atoms. The minimum Gasteiger partial charge on any atom is -0.288 e. The van der Waals surface area contributed by atoms with Gasteiger partial charge >= 0.3 is 0 Å². The molecule has 1 amide bonds. The van der Waals surface area contributed by atoms with Crippen LogP contribution in [-0.4, -0.2) is 25.5 Å². The van der Waals surface area contributed by atoms with E-state index in [1.54, 1.807) is 0 Å². The monoisotopic (exact) mass is 306 g/mol. The molecule has 3 N–H and O–H groups in total. The summed E-state index contributed by atoms with van der Waals surface area (Å²) in [4.78, 5) is 15.5. The Morgan fingerprint density at radius 2 is 2.35 bits per heavy atom. The fourth-order valence-corrected chi connectivity index (χ4v) is 3.24. The number of nitrogens with two attached hydrogens (primary N) is 1. The Balaban J connectivity index is 1.73. The molecule has 3 rings (SSSR count). The van der Waals surface area contributed by atoms with Crippen LogP contribution in [0.3, 0.4) is 0 Å². The number of pyridine rings is 1. The Morgan fingerprint density at radius 3 is 3.20 bits per heavy atom. The summed E-state index contributed by atoms with van der Waals surface area (Å²) in [6.45, 7) is 0. The van der Waals surface area contributed by atoms with Gasteiger partial charge in [0.1, 0.15) is 0 Å². The normalized spacial score (nSPS) is 10.8. The summed E-state index contributed by atoms with van der Waals surface area (Å²) in [5.74, 6) is 5.31. The quantitative estimate of drug-likeness (QED) is 0.324. The van der Waals surface area contributed by atoms with E-state index >= 15 is 0 Å². The third kappa shape index (κ3) is 2.50. The number of thioether (sulfide) groups is 1.